The standard InChI is InChI=1S/C14H18N2O4/c1-9(7-13(18)19)16-14(20)12-5-3-11(4-6-12)8-15-10(2)17/h3-6,9H,7-8H2,1-2H3,(H,15,17)(H,16,20)(H,18,19). The largest absolute Gasteiger partial charge is 0.481 e. The molecule has 2 amide bonds. The van der Waals surface area contributed by atoms with E-state index in [1.54, 1.807) is 31.2 Å². The predicted molar refractivity (Wildman–Crippen MR) is 73.1 cm³/mol. The van der Waals surface area contributed by atoms with Gasteiger partial charge in [-0.25, -0.2) is 0 Å². The number of nitrogens with one attached hydrogen (secondary N) is 2. The van der Waals surface area contributed by atoms with E-state index in [4.69, 9.17) is 5.11 Å². The molecule has 1 aromatic carbocycles. The molecule has 1 unspecified atom stereocenters. The zero-order chi connectivity index (χ0) is 15.1. The molecule has 1 atom stereocenters. The average molecular weight is 278 g/mol. The number of amides is 2. The third-order valence-electron chi connectivity index (χ3n) is 2.62. The van der Waals surface area contributed by atoms with Gasteiger partial charge in [0, 0.05) is 25.1 Å². The molecule has 0 aliphatic heterocycles. The van der Waals surface area contributed by atoms with Crippen molar-refractivity contribution in [1.29, 1.82) is 0 Å². The summed E-state index contributed by atoms with van der Waals surface area (Å²) >= 11 is 0. The van der Waals surface area contributed by atoms with Gasteiger partial charge in [0.15, 0.2) is 0 Å². The third-order valence-corrected chi connectivity index (χ3v) is 2.62. The van der Waals surface area contributed by atoms with E-state index in [0.29, 0.717) is 12.1 Å². The lowest BCUT2D eigenvalue weighted by Crippen LogP contribution is -2.34. The fourth-order valence-corrected chi connectivity index (χ4v) is 1.62. The summed E-state index contributed by atoms with van der Waals surface area (Å²) in [7, 11) is 0. The van der Waals surface area contributed by atoms with Gasteiger partial charge in [0.05, 0.1) is 6.42 Å². The summed E-state index contributed by atoms with van der Waals surface area (Å²) in [5, 5.41) is 13.9. The first-order chi connectivity index (χ1) is 9.38. The van der Waals surface area contributed by atoms with Gasteiger partial charge in [-0.3, -0.25) is 14.4 Å². The topological polar surface area (TPSA) is 95.5 Å². The highest BCUT2D eigenvalue weighted by Crippen LogP contribution is 2.05. The van der Waals surface area contributed by atoms with Crippen molar-refractivity contribution < 1.29 is 19.5 Å². The smallest absolute Gasteiger partial charge is 0.305 e. The van der Waals surface area contributed by atoms with Crippen LogP contribution in [0.2, 0.25) is 0 Å². The fraction of sp³-hybridized carbons (Fsp3) is 0.357. The summed E-state index contributed by atoms with van der Waals surface area (Å²) < 4.78 is 0. The van der Waals surface area contributed by atoms with Crippen LogP contribution in [0, 0.1) is 0 Å². The van der Waals surface area contributed by atoms with Crippen LogP contribution in [0.5, 0.6) is 0 Å². The Morgan fingerprint density at radius 2 is 1.80 bits per heavy atom. The normalized spacial score (nSPS) is 11.5. The first-order valence-electron chi connectivity index (χ1n) is 6.24. The van der Waals surface area contributed by atoms with Gasteiger partial charge in [0.25, 0.3) is 5.91 Å². The van der Waals surface area contributed by atoms with Gasteiger partial charge in [-0.15, -0.1) is 0 Å². The summed E-state index contributed by atoms with van der Waals surface area (Å²) in [5.74, 6) is -1.39. The molecule has 0 radical (unpaired) electrons. The van der Waals surface area contributed by atoms with Crippen molar-refractivity contribution in [3.63, 3.8) is 0 Å². The number of carboxylic acid groups (broad SMARTS) is 1. The van der Waals surface area contributed by atoms with Crippen LogP contribution >= 0.6 is 0 Å². The second kappa shape index (κ2) is 7.28. The molecule has 1 aromatic rings. The second-order valence-electron chi connectivity index (χ2n) is 4.58. The maximum atomic E-state index is 11.8. The molecule has 6 heteroatoms. The van der Waals surface area contributed by atoms with E-state index in [0.717, 1.165) is 5.56 Å². The highest BCUT2D eigenvalue weighted by atomic mass is 16.4. The van der Waals surface area contributed by atoms with E-state index in [1.165, 1.54) is 6.92 Å². The van der Waals surface area contributed by atoms with Crippen LogP contribution in [0.25, 0.3) is 0 Å². The molecule has 0 bridgehead atoms. The summed E-state index contributed by atoms with van der Waals surface area (Å²) in [6, 6.07) is 6.33. The first kappa shape index (κ1) is 15.7. The molecular weight excluding hydrogens is 260 g/mol. The number of carboxylic acids is 1. The van der Waals surface area contributed by atoms with Gasteiger partial charge in [0.1, 0.15) is 0 Å². The van der Waals surface area contributed by atoms with Gasteiger partial charge in [-0.05, 0) is 24.6 Å². The van der Waals surface area contributed by atoms with Crippen LogP contribution in [0.3, 0.4) is 0 Å². The van der Waals surface area contributed by atoms with Crippen LogP contribution in [-0.2, 0) is 16.1 Å². The third kappa shape index (κ3) is 5.51. The zero-order valence-electron chi connectivity index (χ0n) is 11.5. The Morgan fingerprint density at radius 1 is 1.20 bits per heavy atom. The van der Waals surface area contributed by atoms with E-state index in [9.17, 15) is 14.4 Å². The first-order valence-corrected chi connectivity index (χ1v) is 6.24. The Bertz CT molecular complexity index is 496. The average Bonchev–Trinajstić information content (AvgIpc) is 2.35. The van der Waals surface area contributed by atoms with Gasteiger partial charge < -0.3 is 15.7 Å². The molecule has 1 rings (SSSR count). The highest BCUT2D eigenvalue weighted by Gasteiger charge is 2.12. The zero-order valence-corrected chi connectivity index (χ0v) is 11.5. The quantitative estimate of drug-likeness (QED) is 0.721. The molecule has 3 N–H and O–H groups in total. The van der Waals surface area contributed by atoms with Crippen LogP contribution in [0.1, 0.15) is 36.2 Å². The van der Waals surface area contributed by atoms with Crippen molar-refractivity contribution in [2.45, 2.75) is 32.9 Å². The lowest BCUT2D eigenvalue weighted by molar-refractivity contribution is -0.137. The van der Waals surface area contributed by atoms with Crippen LogP contribution < -0.4 is 10.6 Å². The molecule has 20 heavy (non-hydrogen) atoms. The number of carbonyl (C=O) groups is 3. The van der Waals surface area contributed by atoms with E-state index < -0.39 is 12.0 Å². The highest BCUT2D eigenvalue weighted by molar-refractivity contribution is 5.94. The molecule has 0 heterocycles. The lowest BCUT2D eigenvalue weighted by atomic mass is 10.1. The Morgan fingerprint density at radius 3 is 2.30 bits per heavy atom. The summed E-state index contributed by atoms with van der Waals surface area (Å²) in [6.07, 6.45) is -0.119. The SMILES string of the molecule is CC(=O)NCc1ccc(C(=O)NC(C)CC(=O)O)cc1. The molecule has 0 fully saturated rings. The summed E-state index contributed by atoms with van der Waals surface area (Å²) in [5.41, 5.74) is 1.34. The van der Waals surface area contributed by atoms with Crippen molar-refractivity contribution in [3.05, 3.63) is 35.4 Å². The van der Waals surface area contributed by atoms with Crippen molar-refractivity contribution in [2.24, 2.45) is 0 Å². The number of aliphatic carboxylic acids is 1. The van der Waals surface area contributed by atoms with E-state index in [1.807, 2.05) is 0 Å². The number of hydrogen-bond donors (Lipinski definition) is 3. The summed E-state index contributed by atoms with van der Waals surface area (Å²) in [4.78, 5) is 33.1. The van der Waals surface area contributed by atoms with Gasteiger partial charge in [-0.2, -0.15) is 0 Å². The Labute approximate surface area is 117 Å². The molecular formula is C14H18N2O4. The summed E-state index contributed by atoms with van der Waals surface area (Å²) in [6.45, 7) is 3.48. The van der Waals surface area contributed by atoms with E-state index in [-0.39, 0.29) is 18.2 Å². The predicted octanol–water partition coefficient (Wildman–Crippen LogP) is 0.916. The Balaban J connectivity index is 2.57. The lowest BCUT2D eigenvalue weighted by Gasteiger charge is -2.11. The number of hydrogen-bond acceptors (Lipinski definition) is 3. The van der Waals surface area contributed by atoms with Gasteiger partial charge >= 0.3 is 5.97 Å². The molecule has 0 saturated carbocycles. The molecule has 0 aromatic heterocycles. The minimum Gasteiger partial charge on any atom is -0.481 e. The number of benzene rings is 1. The molecule has 6 nitrogen and oxygen atoms in total. The van der Waals surface area contributed by atoms with Gasteiger partial charge in [-0.1, -0.05) is 12.1 Å². The Kier molecular flexibility index (Phi) is 5.71. The van der Waals surface area contributed by atoms with Crippen LogP contribution in [0.15, 0.2) is 24.3 Å². The molecule has 0 spiro atoms. The molecule has 108 valence electrons. The fourth-order valence-electron chi connectivity index (χ4n) is 1.62. The number of rotatable bonds is 6. The van der Waals surface area contributed by atoms with Crippen molar-refractivity contribution in [2.75, 3.05) is 0 Å². The monoisotopic (exact) mass is 278 g/mol. The Hall–Kier alpha value is -2.37. The van der Waals surface area contributed by atoms with Crippen molar-refractivity contribution >= 4 is 17.8 Å². The van der Waals surface area contributed by atoms with Crippen molar-refractivity contribution in [1.82, 2.24) is 10.6 Å². The second-order valence-corrected chi connectivity index (χ2v) is 4.58. The number of carbonyl (C=O) groups excluding carboxylic acids is 2. The van der Waals surface area contributed by atoms with Gasteiger partial charge in [0.2, 0.25) is 5.91 Å². The molecule has 0 aliphatic rings. The minimum absolute atomic E-state index is 0.116. The minimum atomic E-state index is -0.955. The van der Waals surface area contributed by atoms with Crippen LogP contribution in [0.4, 0.5) is 0 Å². The molecule has 0 saturated heterocycles. The van der Waals surface area contributed by atoms with E-state index >= 15 is 0 Å². The molecule has 0 aliphatic carbocycles. The maximum absolute atomic E-state index is 11.8. The maximum Gasteiger partial charge on any atom is 0.305 e. The van der Waals surface area contributed by atoms with E-state index in [2.05, 4.69) is 10.6 Å². The van der Waals surface area contributed by atoms with Crippen LogP contribution in [-0.4, -0.2) is 28.9 Å². The van der Waals surface area contributed by atoms with Crippen molar-refractivity contribution in [3.8, 4) is 0 Å².